The van der Waals surface area contributed by atoms with Crippen LogP contribution in [0.5, 0.6) is 0 Å². The van der Waals surface area contributed by atoms with Crippen molar-refractivity contribution in [1.29, 1.82) is 0 Å². The molecule has 0 aromatic heterocycles. The average molecular weight is 429 g/mol. The van der Waals surface area contributed by atoms with Crippen molar-refractivity contribution < 1.29 is 13.2 Å². The van der Waals surface area contributed by atoms with Gasteiger partial charge in [-0.05, 0) is 42.7 Å². The number of hydrogen-bond acceptors (Lipinski definition) is 3. The maximum Gasteiger partial charge on any atom is 0.244 e. The highest BCUT2D eigenvalue weighted by Gasteiger charge is 2.32. The minimum Gasteiger partial charge on any atom is -0.350 e. The third-order valence-corrected chi connectivity index (χ3v) is 5.91. The zero-order valence-corrected chi connectivity index (χ0v) is 17.7. The van der Waals surface area contributed by atoms with Gasteiger partial charge in [0, 0.05) is 11.6 Å². The Morgan fingerprint density at radius 1 is 1.19 bits per heavy atom. The first kappa shape index (κ1) is 21.5. The first-order valence-electron chi connectivity index (χ1n) is 8.41. The molecule has 2 aromatic rings. The van der Waals surface area contributed by atoms with Gasteiger partial charge in [-0.25, -0.2) is 8.42 Å². The summed E-state index contributed by atoms with van der Waals surface area (Å²) in [6.45, 7) is 4.00. The molecule has 0 aliphatic rings. The standard InChI is InChI=1S/C19H22Cl2N2O3S/c1-4-17(19(24)22-12-14-8-6-5-7-13(14)2)23(27(3,25)26)18-11-15(20)9-10-16(18)21/h5-11,17H,4,12H2,1-3H3,(H,22,24). The predicted octanol–water partition coefficient (Wildman–Crippen LogP) is 4.16. The summed E-state index contributed by atoms with van der Waals surface area (Å²) in [5.74, 6) is -0.401. The molecule has 0 radical (unpaired) electrons. The van der Waals surface area contributed by atoms with E-state index in [2.05, 4.69) is 5.32 Å². The lowest BCUT2D eigenvalue weighted by atomic mass is 10.1. The van der Waals surface area contributed by atoms with Crippen molar-refractivity contribution in [2.45, 2.75) is 32.9 Å². The number of aryl methyl sites for hydroxylation is 1. The summed E-state index contributed by atoms with van der Waals surface area (Å²) in [7, 11) is -3.78. The number of hydrogen-bond donors (Lipinski definition) is 1. The summed E-state index contributed by atoms with van der Waals surface area (Å²) < 4.78 is 26.0. The van der Waals surface area contributed by atoms with Gasteiger partial charge in [0.1, 0.15) is 6.04 Å². The van der Waals surface area contributed by atoms with Gasteiger partial charge in [0.2, 0.25) is 15.9 Å². The van der Waals surface area contributed by atoms with E-state index in [0.717, 1.165) is 21.7 Å². The third-order valence-electron chi connectivity index (χ3n) is 4.19. The predicted molar refractivity (Wildman–Crippen MR) is 111 cm³/mol. The molecule has 5 nitrogen and oxygen atoms in total. The molecule has 1 atom stereocenters. The van der Waals surface area contributed by atoms with Crippen LogP contribution in [0.4, 0.5) is 5.69 Å². The van der Waals surface area contributed by atoms with Gasteiger partial charge >= 0.3 is 0 Å². The highest BCUT2D eigenvalue weighted by Crippen LogP contribution is 2.32. The van der Waals surface area contributed by atoms with Gasteiger partial charge in [-0.3, -0.25) is 9.10 Å². The molecule has 2 aromatic carbocycles. The second kappa shape index (κ2) is 8.95. The Kier molecular flexibility index (Phi) is 7.14. The zero-order chi connectivity index (χ0) is 20.2. The Bertz CT molecular complexity index is 932. The molecular formula is C19H22Cl2N2O3S. The van der Waals surface area contributed by atoms with Crippen LogP contribution in [0.3, 0.4) is 0 Å². The van der Waals surface area contributed by atoms with Crippen LogP contribution in [0.25, 0.3) is 0 Å². The van der Waals surface area contributed by atoms with Crippen LogP contribution in [0.2, 0.25) is 10.0 Å². The summed E-state index contributed by atoms with van der Waals surface area (Å²) in [5, 5.41) is 3.36. The molecule has 0 heterocycles. The van der Waals surface area contributed by atoms with Gasteiger partial charge in [-0.15, -0.1) is 0 Å². The quantitative estimate of drug-likeness (QED) is 0.719. The summed E-state index contributed by atoms with van der Waals surface area (Å²) in [5.41, 5.74) is 2.20. The van der Waals surface area contributed by atoms with Gasteiger partial charge in [0.05, 0.1) is 17.0 Å². The number of nitrogens with one attached hydrogen (secondary N) is 1. The molecule has 0 saturated heterocycles. The van der Waals surface area contributed by atoms with Crippen LogP contribution in [-0.2, 0) is 21.4 Å². The number of carbonyl (C=O) groups excluding carboxylic acids is 1. The Morgan fingerprint density at radius 3 is 2.44 bits per heavy atom. The number of anilines is 1. The molecule has 8 heteroatoms. The Balaban J connectivity index is 2.33. The highest BCUT2D eigenvalue weighted by molar-refractivity contribution is 7.92. The molecule has 1 unspecified atom stereocenters. The smallest absolute Gasteiger partial charge is 0.244 e. The Labute approximate surface area is 170 Å². The van der Waals surface area contributed by atoms with Gasteiger partial charge in [0.25, 0.3) is 0 Å². The molecule has 1 amide bonds. The molecule has 0 aliphatic heterocycles. The lowest BCUT2D eigenvalue weighted by Gasteiger charge is -2.31. The fourth-order valence-corrected chi connectivity index (χ4v) is 4.44. The minimum atomic E-state index is -3.78. The van der Waals surface area contributed by atoms with Crippen molar-refractivity contribution in [2.75, 3.05) is 10.6 Å². The van der Waals surface area contributed by atoms with E-state index in [9.17, 15) is 13.2 Å². The number of benzene rings is 2. The summed E-state index contributed by atoms with van der Waals surface area (Å²) in [6, 6.07) is 11.2. The highest BCUT2D eigenvalue weighted by atomic mass is 35.5. The average Bonchev–Trinajstić information content (AvgIpc) is 2.60. The maximum absolute atomic E-state index is 12.8. The lowest BCUT2D eigenvalue weighted by molar-refractivity contribution is -0.122. The number of carbonyl (C=O) groups is 1. The van der Waals surface area contributed by atoms with Crippen LogP contribution in [0.1, 0.15) is 24.5 Å². The van der Waals surface area contributed by atoms with E-state index < -0.39 is 22.0 Å². The van der Waals surface area contributed by atoms with Gasteiger partial charge in [-0.2, -0.15) is 0 Å². The number of rotatable bonds is 7. The zero-order valence-electron chi connectivity index (χ0n) is 15.4. The van der Waals surface area contributed by atoms with Crippen LogP contribution in [-0.4, -0.2) is 26.6 Å². The fraction of sp³-hybridized carbons (Fsp3) is 0.316. The molecule has 0 aliphatic carbocycles. The number of amides is 1. The van der Waals surface area contributed by atoms with Crippen molar-refractivity contribution in [3.8, 4) is 0 Å². The van der Waals surface area contributed by atoms with E-state index in [4.69, 9.17) is 23.2 Å². The largest absolute Gasteiger partial charge is 0.350 e. The second-order valence-corrected chi connectivity index (χ2v) is 8.93. The summed E-state index contributed by atoms with van der Waals surface area (Å²) in [6.07, 6.45) is 1.32. The molecule has 0 fully saturated rings. The van der Waals surface area contributed by atoms with Crippen LogP contribution >= 0.6 is 23.2 Å². The van der Waals surface area contributed by atoms with E-state index in [1.807, 2.05) is 31.2 Å². The molecule has 146 valence electrons. The van der Waals surface area contributed by atoms with Gasteiger partial charge in [-0.1, -0.05) is 54.4 Å². The fourth-order valence-electron chi connectivity index (χ4n) is 2.80. The maximum atomic E-state index is 12.8. The van der Waals surface area contributed by atoms with E-state index in [-0.39, 0.29) is 17.1 Å². The monoisotopic (exact) mass is 428 g/mol. The molecular weight excluding hydrogens is 407 g/mol. The molecule has 27 heavy (non-hydrogen) atoms. The van der Waals surface area contributed by atoms with Crippen molar-refractivity contribution in [3.63, 3.8) is 0 Å². The van der Waals surface area contributed by atoms with Crippen molar-refractivity contribution in [3.05, 3.63) is 63.6 Å². The number of halogens is 2. The van der Waals surface area contributed by atoms with Crippen molar-refractivity contribution in [2.24, 2.45) is 0 Å². The second-order valence-electron chi connectivity index (χ2n) is 6.22. The number of nitrogens with zero attached hydrogens (tertiary/aromatic N) is 1. The topological polar surface area (TPSA) is 66.5 Å². The Morgan fingerprint density at radius 2 is 1.85 bits per heavy atom. The van der Waals surface area contributed by atoms with E-state index >= 15 is 0 Å². The third kappa shape index (κ3) is 5.37. The van der Waals surface area contributed by atoms with Crippen LogP contribution in [0, 0.1) is 6.92 Å². The van der Waals surface area contributed by atoms with Gasteiger partial charge in [0.15, 0.2) is 0 Å². The van der Waals surface area contributed by atoms with E-state index in [0.29, 0.717) is 11.6 Å². The van der Waals surface area contributed by atoms with Crippen LogP contribution in [0.15, 0.2) is 42.5 Å². The first-order chi connectivity index (χ1) is 12.6. The first-order valence-corrected chi connectivity index (χ1v) is 11.0. The molecule has 1 N–H and O–H groups in total. The lowest BCUT2D eigenvalue weighted by Crippen LogP contribution is -2.49. The number of sulfonamides is 1. The van der Waals surface area contributed by atoms with E-state index in [1.165, 1.54) is 12.1 Å². The molecule has 0 spiro atoms. The minimum absolute atomic E-state index is 0.185. The van der Waals surface area contributed by atoms with Crippen LogP contribution < -0.4 is 9.62 Å². The molecule has 0 saturated carbocycles. The Hall–Kier alpha value is -1.76. The van der Waals surface area contributed by atoms with Crippen molar-refractivity contribution >= 4 is 44.8 Å². The molecule has 0 bridgehead atoms. The van der Waals surface area contributed by atoms with E-state index in [1.54, 1.807) is 13.0 Å². The summed E-state index contributed by atoms with van der Waals surface area (Å²) in [4.78, 5) is 12.8. The van der Waals surface area contributed by atoms with Crippen molar-refractivity contribution in [1.82, 2.24) is 5.32 Å². The van der Waals surface area contributed by atoms with Gasteiger partial charge < -0.3 is 5.32 Å². The normalized spacial score (nSPS) is 12.5. The SMILES string of the molecule is CCC(C(=O)NCc1ccccc1C)N(c1cc(Cl)ccc1Cl)S(C)(=O)=O. The summed E-state index contributed by atoms with van der Waals surface area (Å²) >= 11 is 12.2. The molecule has 2 rings (SSSR count).